The van der Waals surface area contributed by atoms with Crippen LogP contribution in [0.3, 0.4) is 0 Å². The number of aryl methyl sites for hydroxylation is 2. The second-order valence-electron chi connectivity index (χ2n) is 3.65. The summed E-state index contributed by atoms with van der Waals surface area (Å²) in [6, 6.07) is 1.92. The molecule has 0 spiro atoms. The lowest BCUT2D eigenvalue weighted by atomic mass is 10.1. The van der Waals surface area contributed by atoms with Gasteiger partial charge in [-0.3, -0.25) is 9.67 Å². The average molecular weight is 203 g/mol. The first-order chi connectivity index (χ1) is 7.16. The maximum atomic E-state index is 10.0. The lowest BCUT2D eigenvalue weighted by Crippen LogP contribution is -1.99. The second kappa shape index (κ2) is 3.82. The van der Waals surface area contributed by atoms with Crippen LogP contribution in [0, 0.1) is 6.92 Å². The van der Waals surface area contributed by atoms with Gasteiger partial charge in [0.2, 0.25) is 0 Å². The van der Waals surface area contributed by atoms with E-state index in [-0.39, 0.29) is 0 Å². The molecular weight excluding hydrogens is 190 g/mol. The minimum atomic E-state index is -0.647. The van der Waals surface area contributed by atoms with E-state index in [1.165, 1.54) is 0 Å². The van der Waals surface area contributed by atoms with Crippen molar-refractivity contribution in [2.75, 3.05) is 0 Å². The van der Waals surface area contributed by atoms with Gasteiger partial charge in [0.25, 0.3) is 0 Å². The third-order valence-corrected chi connectivity index (χ3v) is 2.25. The molecule has 2 rings (SSSR count). The quantitative estimate of drug-likeness (QED) is 0.798. The zero-order chi connectivity index (χ0) is 10.8. The molecule has 2 aromatic heterocycles. The zero-order valence-corrected chi connectivity index (χ0v) is 8.75. The maximum Gasteiger partial charge on any atom is 0.109 e. The van der Waals surface area contributed by atoms with Gasteiger partial charge >= 0.3 is 0 Å². The topological polar surface area (TPSA) is 50.9 Å². The predicted molar refractivity (Wildman–Crippen MR) is 56.2 cm³/mol. The Labute approximate surface area is 88.2 Å². The lowest BCUT2D eigenvalue weighted by Gasteiger charge is -2.08. The van der Waals surface area contributed by atoms with E-state index in [0.29, 0.717) is 0 Å². The van der Waals surface area contributed by atoms with Crippen LogP contribution in [0.5, 0.6) is 0 Å². The summed E-state index contributed by atoms with van der Waals surface area (Å²) in [6.07, 6.45) is 6.25. The van der Waals surface area contributed by atoms with Gasteiger partial charge in [0.1, 0.15) is 6.10 Å². The summed E-state index contributed by atoms with van der Waals surface area (Å²) in [4.78, 5) is 4.05. The van der Waals surface area contributed by atoms with Gasteiger partial charge in [0.15, 0.2) is 0 Å². The van der Waals surface area contributed by atoms with Crippen LogP contribution >= 0.6 is 0 Å². The van der Waals surface area contributed by atoms with Gasteiger partial charge < -0.3 is 5.11 Å². The Hall–Kier alpha value is -1.68. The minimum Gasteiger partial charge on any atom is -0.383 e. The smallest absolute Gasteiger partial charge is 0.109 e. The van der Waals surface area contributed by atoms with E-state index in [1.807, 2.05) is 20.0 Å². The molecule has 0 aliphatic rings. The van der Waals surface area contributed by atoms with Gasteiger partial charge in [-0.05, 0) is 12.5 Å². The Bertz CT molecular complexity index is 464. The van der Waals surface area contributed by atoms with Crippen molar-refractivity contribution in [3.63, 3.8) is 0 Å². The zero-order valence-electron chi connectivity index (χ0n) is 8.75. The van der Waals surface area contributed by atoms with Crippen LogP contribution in [-0.4, -0.2) is 19.9 Å². The van der Waals surface area contributed by atoms with Crippen LogP contribution in [0.2, 0.25) is 0 Å². The predicted octanol–water partition coefficient (Wildman–Crippen LogP) is 1.21. The van der Waals surface area contributed by atoms with Crippen LogP contribution in [0.25, 0.3) is 0 Å². The first-order valence-electron chi connectivity index (χ1n) is 4.75. The van der Waals surface area contributed by atoms with Crippen molar-refractivity contribution in [2.24, 2.45) is 7.05 Å². The molecule has 0 saturated heterocycles. The lowest BCUT2D eigenvalue weighted by molar-refractivity contribution is 0.219. The van der Waals surface area contributed by atoms with Crippen LogP contribution in [-0.2, 0) is 7.05 Å². The Morgan fingerprint density at radius 1 is 1.27 bits per heavy atom. The highest BCUT2D eigenvalue weighted by Crippen LogP contribution is 2.20. The first-order valence-corrected chi connectivity index (χ1v) is 4.75. The standard InChI is InChI=1S/C11H13N3O/c1-8-3-9(5-12-4-8)11(15)10-6-13-14(2)7-10/h3-7,11,15H,1-2H3. The van der Waals surface area contributed by atoms with Gasteiger partial charge in [-0.15, -0.1) is 0 Å². The molecule has 0 saturated carbocycles. The number of aromatic nitrogens is 3. The van der Waals surface area contributed by atoms with Crippen LogP contribution in [0.15, 0.2) is 30.9 Å². The SMILES string of the molecule is Cc1cncc(C(O)c2cnn(C)c2)c1. The van der Waals surface area contributed by atoms with Gasteiger partial charge in [-0.1, -0.05) is 6.07 Å². The number of aliphatic hydroxyl groups is 1. The van der Waals surface area contributed by atoms with E-state index in [1.54, 1.807) is 29.5 Å². The minimum absolute atomic E-state index is 0.647. The third kappa shape index (κ3) is 2.05. The molecule has 2 aromatic rings. The van der Waals surface area contributed by atoms with E-state index in [4.69, 9.17) is 0 Å². The van der Waals surface area contributed by atoms with Crippen molar-refractivity contribution in [3.8, 4) is 0 Å². The van der Waals surface area contributed by atoms with Crippen molar-refractivity contribution in [1.82, 2.24) is 14.8 Å². The highest BCUT2D eigenvalue weighted by atomic mass is 16.3. The van der Waals surface area contributed by atoms with Crippen molar-refractivity contribution in [2.45, 2.75) is 13.0 Å². The Kier molecular flexibility index (Phi) is 2.51. The summed E-state index contributed by atoms with van der Waals surface area (Å²) < 4.78 is 1.67. The fourth-order valence-electron chi connectivity index (χ4n) is 1.50. The number of hydrogen-bond donors (Lipinski definition) is 1. The molecular formula is C11H13N3O. The summed E-state index contributed by atoms with van der Waals surface area (Å²) >= 11 is 0. The highest BCUT2D eigenvalue weighted by Gasteiger charge is 2.12. The fourth-order valence-corrected chi connectivity index (χ4v) is 1.50. The molecule has 0 fully saturated rings. The molecule has 1 N–H and O–H groups in total. The van der Waals surface area contributed by atoms with E-state index in [2.05, 4.69) is 10.1 Å². The number of pyridine rings is 1. The summed E-state index contributed by atoms with van der Waals surface area (Å²) in [7, 11) is 1.82. The molecule has 0 aliphatic heterocycles. The summed E-state index contributed by atoms with van der Waals surface area (Å²) in [5.74, 6) is 0. The third-order valence-electron chi connectivity index (χ3n) is 2.25. The molecule has 0 amide bonds. The molecule has 0 radical (unpaired) electrons. The Balaban J connectivity index is 2.32. The van der Waals surface area contributed by atoms with Crippen molar-refractivity contribution in [3.05, 3.63) is 47.5 Å². The van der Waals surface area contributed by atoms with Gasteiger partial charge in [-0.2, -0.15) is 5.10 Å². The molecule has 4 nitrogen and oxygen atoms in total. The Morgan fingerprint density at radius 2 is 2.07 bits per heavy atom. The van der Waals surface area contributed by atoms with E-state index in [9.17, 15) is 5.11 Å². The van der Waals surface area contributed by atoms with Crippen LogP contribution in [0.4, 0.5) is 0 Å². The Morgan fingerprint density at radius 3 is 2.67 bits per heavy atom. The molecule has 15 heavy (non-hydrogen) atoms. The number of aliphatic hydroxyl groups excluding tert-OH is 1. The number of rotatable bonds is 2. The molecule has 0 aromatic carbocycles. The molecule has 78 valence electrons. The van der Waals surface area contributed by atoms with E-state index >= 15 is 0 Å². The second-order valence-corrected chi connectivity index (χ2v) is 3.65. The van der Waals surface area contributed by atoms with Gasteiger partial charge in [0, 0.05) is 36.8 Å². The monoisotopic (exact) mass is 203 g/mol. The van der Waals surface area contributed by atoms with E-state index < -0.39 is 6.10 Å². The largest absolute Gasteiger partial charge is 0.383 e. The number of nitrogens with zero attached hydrogens (tertiary/aromatic N) is 3. The molecule has 4 heteroatoms. The molecule has 1 atom stereocenters. The van der Waals surface area contributed by atoms with E-state index in [0.717, 1.165) is 16.7 Å². The van der Waals surface area contributed by atoms with Crippen LogP contribution < -0.4 is 0 Å². The van der Waals surface area contributed by atoms with Crippen molar-refractivity contribution >= 4 is 0 Å². The van der Waals surface area contributed by atoms with Crippen LogP contribution in [0.1, 0.15) is 22.8 Å². The van der Waals surface area contributed by atoms with Crippen molar-refractivity contribution in [1.29, 1.82) is 0 Å². The number of hydrogen-bond acceptors (Lipinski definition) is 3. The van der Waals surface area contributed by atoms with Gasteiger partial charge in [0.05, 0.1) is 6.20 Å². The first kappa shape index (κ1) is 9.86. The molecule has 0 aliphatic carbocycles. The average Bonchev–Trinajstić information content (AvgIpc) is 2.64. The fraction of sp³-hybridized carbons (Fsp3) is 0.273. The highest BCUT2D eigenvalue weighted by molar-refractivity contribution is 5.26. The summed E-state index contributed by atoms with van der Waals surface area (Å²) in [5.41, 5.74) is 2.61. The maximum absolute atomic E-state index is 10.0. The summed E-state index contributed by atoms with van der Waals surface area (Å²) in [5, 5.41) is 14.1. The molecule has 1 unspecified atom stereocenters. The summed E-state index contributed by atoms with van der Waals surface area (Å²) in [6.45, 7) is 1.95. The molecule has 2 heterocycles. The van der Waals surface area contributed by atoms with Crippen molar-refractivity contribution < 1.29 is 5.11 Å². The van der Waals surface area contributed by atoms with Gasteiger partial charge in [-0.25, -0.2) is 0 Å². The molecule has 0 bridgehead atoms. The normalized spacial score (nSPS) is 12.7.